The van der Waals surface area contributed by atoms with Crippen molar-refractivity contribution in [3.05, 3.63) is 0 Å². The van der Waals surface area contributed by atoms with Crippen LogP contribution in [0.1, 0.15) is 27.2 Å². The number of hydrogen-bond acceptors (Lipinski definition) is 1. The van der Waals surface area contributed by atoms with Crippen LogP contribution in [-0.2, 0) is 4.79 Å². The van der Waals surface area contributed by atoms with E-state index in [0.717, 1.165) is 0 Å². The van der Waals surface area contributed by atoms with E-state index in [1.165, 1.54) is 20.8 Å². The molecule has 2 nitrogen and oxygen atoms in total. The molecule has 108 valence electrons. The van der Waals surface area contributed by atoms with Crippen LogP contribution in [0.15, 0.2) is 0 Å². The first-order chi connectivity index (χ1) is 7.72. The summed E-state index contributed by atoms with van der Waals surface area (Å²) < 4.78 is 72.6. The van der Waals surface area contributed by atoms with Gasteiger partial charge in [0.15, 0.2) is 0 Å². The average Bonchev–Trinajstić information content (AvgIpc) is 2.06. The van der Waals surface area contributed by atoms with Gasteiger partial charge in [-0.05, 0) is 0 Å². The fourth-order valence-electron chi connectivity index (χ4n) is 1.20. The van der Waals surface area contributed by atoms with Gasteiger partial charge in [-0.3, -0.25) is 4.79 Å². The summed E-state index contributed by atoms with van der Waals surface area (Å²) in [5.41, 5.74) is -1.16. The molecule has 1 amide bonds. The van der Waals surface area contributed by atoms with Gasteiger partial charge in [0.25, 0.3) is 0 Å². The molecule has 0 aromatic carbocycles. The van der Waals surface area contributed by atoms with Crippen LogP contribution in [0.5, 0.6) is 0 Å². The van der Waals surface area contributed by atoms with Gasteiger partial charge in [0.05, 0.1) is 6.42 Å². The third-order valence-electron chi connectivity index (χ3n) is 1.96. The molecule has 0 aliphatic carbocycles. The van der Waals surface area contributed by atoms with Crippen molar-refractivity contribution in [1.29, 1.82) is 0 Å². The van der Waals surface area contributed by atoms with E-state index >= 15 is 0 Å². The average molecular weight is 279 g/mol. The first-order valence-electron chi connectivity index (χ1n) is 5.15. The number of nitrogens with zero attached hydrogens (tertiary/aromatic N) is 1. The van der Waals surface area contributed by atoms with Crippen LogP contribution in [0.4, 0.5) is 26.3 Å². The largest absolute Gasteiger partial charge is 0.406 e. The molecule has 0 aliphatic rings. The van der Waals surface area contributed by atoms with Crippen LogP contribution < -0.4 is 0 Å². The summed E-state index contributed by atoms with van der Waals surface area (Å²) in [6.45, 7) is 1.41. The monoisotopic (exact) mass is 279 g/mol. The normalized spacial score (nSPS) is 13.6. The molecule has 8 heteroatoms. The van der Waals surface area contributed by atoms with Crippen LogP contribution in [-0.4, -0.2) is 36.2 Å². The van der Waals surface area contributed by atoms with Crippen LogP contribution >= 0.6 is 0 Å². The summed E-state index contributed by atoms with van der Waals surface area (Å²) >= 11 is 0. The SMILES string of the molecule is CC(C)(C)C(=O)N(CCC(F)(F)F)CC(F)(F)F. The Balaban J connectivity index is 4.80. The second-order valence-electron chi connectivity index (χ2n) is 4.96. The lowest BCUT2D eigenvalue weighted by atomic mass is 9.94. The number of carbonyl (C=O) groups is 1. The highest BCUT2D eigenvalue weighted by atomic mass is 19.4. The molecule has 0 spiro atoms. The number of carbonyl (C=O) groups excluding carboxylic acids is 1. The maximum atomic E-state index is 12.2. The van der Waals surface area contributed by atoms with E-state index in [0.29, 0.717) is 0 Å². The van der Waals surface area contributed by atoms with Gasteiger partial charge >= 0.3 is 12.4 Å². The summed E-state index contributed by atoms with van der Waals surface area (Å²) in [6.07, 6.45) is -10.8. The van der Waals surface area contributed by atoms with Gasteiger partial charge in [-0.15, -0.1) is 0 Å². The van der Waals surface area contributed by atoms with Crippen molar-refractivity contribution >= 4 is 5.91 Å². The summed E-state index contributed by atoms with van der Waals surface area (Å²) in [6, 6.07) is 0. The van der Waals surface area contributed by atoms with Gasteiger partial charge in [0.1, 0.15) is 6.54 Å². The molecule has 0 saturated carbocycles. The molecule has 0 atom stereocenters. The second-order valence-corrected chi connectivity index (χ2v) is 4.96. The molecule has 0 aromatic rings. The molecule has 18 heavy (non-hydrogen) atoms. The summed E-state index contributed by atoms with van der Waals surface area (Å²) in [5, 5.41) is 0. The second kappa shape index (κ2) is 5.36. The Labute approximate surface area is 101 Å². The highest BCUT2D eigenvalue weighted by Crippen LogP contribution is 2.25. The molecular formula is C10H15F6NO. The van der Waals surface area contributed by atoms with Gasteiger partial charge in [-0.1, -0.05) is 20.8 Å². The van der Waals surface area contributed by atoms with E-state index in [-0.39, 0.29) is 4.90 Å². The molecule has 0 saturated heterocycles. The smallest absolute Gasteiger partial charge is 0.333 e. The van der Waals surface area contributed by atoms with Crippen LogP contribution in [0.25, 0.3) is 0 Å². The van der Waals surface area contributed by atoms with E-state index in [9.17, 15) is 31.1 Å². The van der Waals surface area contributed by atoms with E-state index in [2.05, 4.69) is 0 Å². The van der Waals surface area contributed by atoms with Gasteiger partial charge in [0, 0.05) is 12.0 Å². The van der Waals surface area contributed by atoms with E-state index < -0.39 is 43.2 Å². The third-order valence-corrected chi connectivity index (χ3v) is 1.96. The Morgan fingerprint density at radius 2 is 1.39 bits per heavy atom. The highest BCUT2D eigenvalue weighted by Gasteiger charge is 2.38. The summed E-state index contributed by atoms with van der Waals surface area (Å²) in [5.74, 6) is -0.955. The molecule has 0 bridgehead atoms. The van der Waals surface area contributed by atoms with Crippen molar-refractivity contribution in [2.24, 2.45) is 5.41 Å². The zero-order valence-corrected chi connectivity index (χ0v) is 10.2. The molecule has 0 rings (SSSR count). The zero-order chi connectivity index (χ0) is 14.8. The lowest BCUT2D eigenvalue weighted by Gasteiger charge is -2.30. The number of amides is 1. The first-order valence-corrected chi connectivity index (χ1v) is 5.15. The van der Waals surface area contributed by atoms with E-state index in [1.807, 2.05) is 0 Å². The minimum Gasteiger partial charge on any atom is -0.333 e. The highest BCUT2D eigenvalue weighted by molar-refractivity contribution is 5.81. The van der Waals surface area contributed by atoms with Gasteiger partial charge in [-0.2, -0.15) is 26.3 Å². The number of halogens is 6. The summed E-state index contributed by atoms with van der Waals surface area (Å²) in [4.78, 5) is 11.8. The Bertz CT molecular complexity index is 288. The van der Waals surface area contributed by atoms with Gasteiger partial charge in [0.2, 0.25) is 5.91 Å². The fraction of sp³-hybridized carbons (Fsp3) is 0.900. The molecule has 0 aliphatic heterocycles. The predicted octanol–water partition coefficient (Wildman–Crippen LogP) is 3.38. The lowest BCUT2D eigenvalue weighted by molar-refractivity contribution is -0.174. The quantitative estimate of drug-likeness (QED) is 0.725. The van der Waals surface area contributed by atoms with Crippen LogP contribution in [0.3, 0.4) is 0 Å². The minimum absolute atomic E-state index is 0.202. The van der Waals surface area contributed by atoms with Crippen molar-refractivity contribution in [2.75, 3.05) is 13.1 Å². The van der Waals surface area contributed by atoms with E-state index in [1.54, 1.807) is 0 Å². The maximum absolute atomic E-state index is 12.2. The molecule has 0 radical (unpaired) electrons. The van der Waals surface area contributed by atoms with Crippen molar-refractivity contribution in [3.8, 4) is 0 Å². The van der Waals surface area contributed by atoms with Gasteiger partial charge in [-0.25, -0.2) is 0 Å². The van der Waals surface area contributed by atoms with Crippen LogP contribution in [0.2, 0.25) is 0 Å². The van der Waals surface area contributed by atoms with Crippen LogP contribution in [0, 0.1) is 5.41 Å². The number of alkyl halides is 6. The molecule has 0 heterocycles. The Kier molecular flexibility index (Phi) is 5.07. The topological polar surface area (TPSA) is 20.3 Å². The van der Waals surface area contributed by atoms with Crippen molar-refractivity contribution in [1.82, 2.24) is 4.90 Å². The minimum atomic E-state index is -4.72. The predicted molar refractivity (Wildman–Crippen MR) is 52.8 cm³/mol. The Morgan fingerprint density at radius 3 is 1.67 bits per heavy atom. The maximum Gasteiger partial charge on any atom is 0.406 e. The number of hydrogen-bond donors (Lipinski definition) is 0. The van der Waals surface area contributed by atoms with E-state index in [4.69, 9.17) is 0 Å². The summed E-state index contributed by atoms with van der Waals surface area (Å²) in [7, 11) is 0. The van der Waals surface area contributed by atoms with Crippen molar-refractivity contribution < 1.29 is 31.1 Å². The first kappa shape index (κ1) is 17.1. The molecule has 0 unspecified atom stereocenters. The van der Waals surface area contributed by atoms with Crippen molar-refractivity contribution in [2.45, 2.75) is 39.5 Å². The Morgan fingerprint density at radius 1 is 0.944 bits per heavy atom. The molecule has 0 N–H and O–H groups in total. The van der Waals surface area contributed by atoms with Gasteiger partial charge < -0.3 is 4.90 Å². The fourth-order valence-corrected chi connectivity index (χ4v) is 1.20. The molecular weight excluding hydrogens is 264 g/mol. The molecule has 0 fully saturated rings. The Hall–Kier alpha value is -0.950. The lowest BCUT2D eigenvalue weighted by Crippen LogP contribution is -2.45. The molecule has 0 aromatic heterocycles. The number of rotatable bonds is 3. The van der Waals surface area contributed by atoms with Crippen molar-refractivity contribution in [3.63, 3.8) is 0 Å². The standard InChI is InChI=1S/C10H15F6NO/c1-8(2,3)7(18)17(6-10(14,15)16)5-4-9(11,12)13/h4-6H2,1-3H3. The third kappa shape index (κ3) is 7.39. The zero-order valence-electron chi connectivity index (χ0n) is 10.2.